The third-order valence-electron chi connectivity index (χ3n) is 3.94. The maximum absolute atomic E-state index is 12.5. The molecule has 1 amide bonds. The van der Waals surface area contributed by atoms with E-state index < -0.39 is 5.54 Å². The van der Waals surface area contributed by atoms with Crippen LogP contribution in [0.1, 0.15) is 25.6 Å². The summed E-state index contributed by atoms with van der Waals surface area (Å²) >= 11 is 1.37. The third kappa shape index (κ3) is 2.58. The minimum absolute atomic E-state index is 0.0352. The van der Waals surface area contributed by atoms with Gasteiger partial charge in [-0.3, -0.25) is 9.59 Å². The predicted molar refractivity (Wildman–Crippen MR) is 82.4 cm³/mol. The van der Waals surface area contributed by atoms with Gasteiger partial charge in [0, 0.05) is 7.05 Å². The van der Waals surface area contributed by atoms with Crippen LogP contribution in [0.15, 0.2) is 16.2 Å². The highest BCUT2D eigenvalue weighted by Gasteiger charge is 2.37. The lowest BCUT2D eigenvalue weighted by molar-refractivity contribution is -0.136. The topological polar surface area (TPSA) is 78.1 Å². The van der Waals surface area contributed by atoms with Crippen molar-refractivity contribution < 1.29 is 4.79 Å². The Bertz CT molecular complexity index is 730. The summed E-state index contributed by atoms with van der Waals surface area (Å²) in [6.45, 7) is 3.10. The minimum Gasteiger partial charge on any atom is -0.337 e. The molecule has 1 aliphatic rings. The number of nitrogens with zero attached hydrogens (tertiary/aromatic N) is 2. The molecule has 1 saturated heterocycles. The molecule has 0 saturated carbocycles. The molecule has 0 spiro atoms. The molecule has 0 bridgehead atoms. The van der Waals surface area contributed by atoms with Crippen molar-refractivity contribution in [2.45, 2.75) is 31.8 Å². The zero-order chi connectivity index (χ0) is 15.0. The molecule has 6 nitrogen and oxygen atoms in total. The van der Waals surface area contributed by atoms with Gasteiger partial charge >= 0.3 is 0 Å². The summed E-state index contributed by atoms with van der Waals surface area (Å²) in [7, 11) is 1.74. The molecular weight excluding hydrogens is 288 g/mol. The number of aromatic nitrogens is 2. The van der Waals surface area contributed by atoms with Crippen molar-refractivity contribution in [3.8, 4) is 0 Å². The number of carbonyl (C=O) groups is 1. The maximum Gasteiger partial charge on any atom is 0.268 e. The van der Waals surface area contributed by atoms with Crippen LogP contribution in [0.4, 0.5) is 0 Å². The zero-order valence-corrected chi connectivity index (χ0v) is 12.9. The first kappa shape index (κ1) is 14.2. The number of carbonyl (C=O) groups excluding carboxylic acids is 1. The molecule has 1 aliphatic heterocycles. The predicted octanol–water partition coefficient (Wildman–Crippen LogP) is 1.09. The monoisotopic (exact) mass is 306 g/mol. The van der Waals surface area contributed by atoms with Crippen LogP contribution in [0, 0.1) is 0 Å². The number of aromatic amines is 1. The Balaban J connectivity index is 1.81. The van der Waals surface area contributed by atoms with Gasteiger partial charge in [0.2, 0.25) is 5.91 Å². The number of likely N-dealkylation sites (N-methyl/N-ethyl adjacent to an activating group) is 1. The van der Waals surface area contributed by atoms with E-state index in [0.29, 0.717) is 22.6 Å². The fourth-order valence-electron chi connectivity index (χ4n) is 2.79. The van der Waals surface area contributed by atoms with E-state index in [4.69, 9.17) is 0 Å². The number of fused-ring (bicyclic) bond motifs is 1. The van der Waals surface area contributed by atoms with Gasteiger partial charge in [-0.2, -0.15) is 0 Å². The van der Waals surface area contributed by atoms with Gasteiger partial charge in [0.25, 0.3) is 5.56 Å². The number of thiophene rings is 1. The molecule has 0 aliphatic carbocycles. The molecule has 112 valence electrons. The van der Waals surface area contributed by atoms with Gasteiger partial charge < -0.3 is 15.2 Å². The fraction of sp³-hybridized carbons (Fsp3) is 0.500. The number of H-pyrrole nitrogens is 1. The van der Waals surface area contributed by atoms with Gasteiger partial charge in [0.05, 0.1) is 17.6 Å². The van der Waals surface area contributed by atoms with Crippen molar-refractivity contribution in [2.75, 3.05) is 13.6 Å². The quantitative estimate of drug-likeness (QED) is 0.889. The second kappa shape index (κ2) is 5.23. The highest BCUT2D eigenvalue weighted by Crippen LogP contribution is 2.21. The first-order valence-corrected chi connectivity index (χ1v) is 7.84. The SMILES string of the molecule is CN(Cc1nc2ccsc2c(=O)[nH]1)C(=O)C1(C)CCCN1. The van der Waals surface area contributed by atoms with Crippen molar-refractivity contribution in [1.29, 1.82) is 0 Å². The van der Waals surface area contributed by atoms with Crippen molar-refractivity contribution >= 4 is 27.5 Å². The van der Waals surface area contributed by atoms with E-state index >= 15 is 0 Å². The maximum atomic E-state index is 12.5. The number of amides is 1. The molecule has 3 heterocycles. The Morgan fingerprint density at radius 1 is 1.57 bits per heavy atom. The summed E-state index contributed by atoms with van der Waals surface area (Å²) in [5.41, 5.74) is 0.0440. The van der Waals surface area contributed by atoms with Gasteiger partial charge in [0.15, 0.2) is 0 Å². The Morgan fingerprint density at radius 3 is 3.10 bits per heavy atom. The Morgan fingerprint density at radius 2 is 2.38 bits per heavy atom. The average molecular weight is 306 g/mol. The number of nitrogens with one attached hydrogen (secondary N) is 2. The fourth-order valence-corrected chi connectivity index (χ4v) is 3.52. The molecule has 2 N–H and O–H groups in total. The first-order chi connectivity index (χ1) is 9.99. The van der Waals surface area contributed by atoms with E-state index in [1.165, 1.54) is 11.3 Å². The van der Waals surface area contributed by atoms with E-state index in [1.54, 1.807) is 11.9 Å². The third-order valence-corrected chi connectivity index (χ3v) is 4.84. The first-order valence-electron chi connectivity index (χ1n) is 6.97. The van der Waals surface area contributed by atoms with Crippen LogP contribution in [0.5, 0.6) is 0 Å². The molecule has 7 heteroatoms. The molecule has 3 rings (SSSR count). The molecule has 2 aromatic heterocycles. The van der Waals surface area contributed by atoms with E-state index in [9.17, 15) is 9.59 Å². The highest BCUT2D eigenvalue weighted by molar-refractivity contribution is 7.17. The summed E-state index contributed by atoms with van der Waals surface area (Å²) < 4.78 is 0.622. The summed E-state index contributed by atoms with van der Waals surface area (Å²) in [4.78, 5) is 33.2. The normalized spacial score (nSPS) is 21.8. The van der Waals surface area contributed by atoms with Crippen LogP contribution in [0.3, 0.4) is 0 Å². The minimum atomic E-state index is -0.498. The molecule has 2 aromatic rings. The zero-order valence-electron chi connectivity index (χ0n) is 12.1. The largest absolute Gasteiger partial charge is 0.337 e. The summed E-state index contributed by atoms with van der Waals surface area (Å²) in [6.07, 6.45) is 1.84. The molecule has 1 atom stereocenters. The Kier molecular flexibility index (Phi) is 3.54. The molecule has 21 heavy (non-hydrogen) atoms. The van der Waals surface area contributed by atoms with Crippen LogP contribution in [-0.2, 0) is 11.3 Å². The number of hydrogen-bond donors (Lipinski definition) is 2. The van der Waals surface area contributed by atoms with Crippen molar-refractivity contribution in [3.63, 3.8) is 0 Å². The van der Waals surface area contributed by atoms with Crippen LogP contribution in [-0.4, -0.2) is 39.9 Å². The van der Waals surface area contributed by atoms with Crippen LogP contribution in [0.2, 0.25) is 0 Å². The summed E-state index contributed by atoms with van der Waals surface area (Å²) in [5, 5.41) is 5.10. The van der Waals surface area contributed by atoms with Gasteiger partial charge in [-0.05, 0) is 37.8 Å². The molecule has 0 aromatic carbocycles. The molecular formula is C14H18N4O2S. The van der Waals surface area contributed by atoms with Crippen LogP contribution >= 0.6 is 11.3 Å². The van der Waals surface area contributed by atoms with E-state index in [1.807, 2.05) is 18.4 Å². The van der Waals surface area contributed by atoms with Gasteiger partial charge in [-0.15, -0.1) is 11.3 Å². The average Bonchev–Trinajstić information content (AvgIpc) is 3.07. The van der Waals surface area contributed by atoms with E-state index in [-0.39, 0.29) is 11.5 Å². The van der Waals surface area contributed by atoms with Gasteiger partial charge in [0.1, 0.15) is 10.5 Å². The molecule has 1 fully saturated rings. The van der Waals surface area contributed by atoms with Crippen molar-refractivity contribution in [3.05, 3.63) is 27.6 Å². The Labute approximate surface area is 126 Å². The van der Waals surface area contributed by atoms with Gasteiger partial charge in [-0.1, -0.05) is 0 Å². The standard InChI is InChI=1S/C14H18N4O2S/c1-14(5-3-6-15-14)13(20)18(2)8-10-16-9-4-7-21-11(9)12(19)17-10/h4,7,15H,3,5-6,8H2,1-2H3,(H,16,17,19). The van der Waals surface area contributed by atoms with E-state index in [0.717, 1.165) is 19.4 Å². The second-order valence-corrected chi connectivity index (χ2v) is 6.59. The lowest BCUT2D eigenvalue weighted by atomic mass is 9.98. The van der Waals surface area contributed by atoms with Crippen LogP contribution in [0.25, 0.3) is 10.2 Å². The lowest BCUT2D eigenvalue weighted by Crippen LogP contribution is -2.51. The van der Waals surface area contributed by atoms with E-state index in [2.05, 4.69) is 15.3 Å². The number of hydrogen-bond acceptors (Lipinski definition) is 5. The van der Waals surface area contributed by atoms with Crippen LogP contribution < -0.4 is 10.9 Å². The molecule has 0 radical (unpaired) electrons. The lowest BCUT2D eigenvalue weighted by Gasteiger charge is -2.28. The Hall–Kier alpha value is -1.73. The van der Waals surface area contributed by atoms with Gasteiger partial charge in [-0.25, -0.2) is 4.98 Å². The summed E-state index contributed by atoms with van der Waals surface area (Å²) in [5.74, 6) is 0.552. The molecule has 1 unspecified atom stereocenters. The summed E-state index contributed by atoms with van der Waals surface area (Å²) in [6, 6.07) is 1.82. The highest BCUT2D eigenvalue weighted by atomic mass is 32.1. The van der Waals surface area contributed by atoms with Crippen molar-refractivity contribution in [2.24, 2.45) is 0 Å². The number of rotatable bonds is 3. The van der Waals surface area contributed by atoms with Crippen molar-refractivity contribution in [1.82, 2.24) is 20.2 Å². The smallest absolute Gasteiger partial charge is 0.268 e. The second-order valence-electron chi connectivity index (χ2n) is 5.67.